The molecule has 0 bridgehead atoms. The second-order valence-electron chi connectivity index (χ2n) is 8.27. The lowest BCUT2D eigenvalue weighted by atomic mass is 9.94. The SMILES string of the molecule is CC1=C(C(=O)Nc2ccccc2)[C@H](c2ccc(N3CCC(c4ccccc4)=N3)cc2)NC(=O)N1. The molecule has 0 aromatic heterocycles. The third kappa shape index (κ3) is 4.41. The summed E-state index contributed by atoms with van der Waals surface area (Å²) in [5, 5.41) is 15.3. The fraction of sp³-hybridized carbons (Fsp3) is 0.148. The van der Waals surface area contributed by atoms with Crippen LogP contribution in [0.1, 0.15) is 30.5 Å². The van der Waals surface area contributed by atoms with Crippen LogP contribution in [0.4, 0.5) is 16.2 Å². The van der Waals surface area contributed by atoms with Gasteiger partial charge in [-0.25, -0.2) is 4.79 Å². The average molecular weight is 452 g/mol. The van der Waals surface area contributed by atoms with E-state index in [1.165, 1.54) is 0 Å². The molecular formula is C27H25N5O2. The highest BCUT2D eigenvalue weighted by Crippen LogP contribution is 2.30. The van der Waals surface area contributed by atoms with E-state index in [2.05, 4.69) is 28.1 Å². The van der Waals surface area contributed by atoms with Gasteiger partial charge in [-0.3, -0.25) is 9.80 Å². The Balaban J connectivity index is 1.38. The number of carbonyl (C=O) groups is 2. The quantitative estimate of drug-likeness (QED) is 0.531. The maximum Gasteiger partial charge on any atom is 0.319 e. The number of amides is 3. The molecule has 5 rings (SSSR count). The molecule has 2 aliphatic heterocycles. The second-order valence-corrected chi connectivity index (χ2v) is 8.27. The molecule has 34 heavy (non-hydrogen) atoms. The van der Waals surface area contributed by atoms with Gasteiger partial charge in [-0.15, -0.1) is 0 Å². The van der Waals surface area contributed by atoms with E-state index in [1.54, 1.807) is 6.92 Å². The molecule has 0 radical (unpaired) electrons. The molecule has 3 amide bonds. The number of nitrogens with one attached hydrogen (secondary N) is 3. The van der Waals surface area contributed by atoms with Crippen LogP contribution in [0.2, 0.25) is 0 Å². The molecule has 3 aromatic rings. The number of benzene rings is 3. The number of hydrazone groups is 1. The molecule has 0 saturated heterocycles. The van der Waals surface area contributed by atoms with Crippen LogP contribution in [0.15, 0.2) is 101 Å². The molecule has 3 aromatic carbocycles. The number of hydrogen-bond acceptors (Lipinski definition) is 4. The molecule has 2 aliphatic rings. The maximum atomic E-state index is 13.1. The normalized spacial score (nSPS) is 17.7. The van der Waals surface area contributed by atoms with E-state index in [1.807, 2.05) is 77.8 Å². The fourth-order valence-electron chi connectivity index (χ4n) is 4.28. The van der Waals surface area contributed by atoms with Gasteiger partial charge in [0.25, 0.3) is 5.91 Å². The van der Waals surface area contributed by atoms with E-state index in [9.17, 15) is 9.59 Å². The van der Waals surface area contributed by atoms with Crippen LogP contribution in [-0.2, 0) is 4.79 Å². The van der Waals surface area contributed by atoms with Gasteiger partial charge >= 0.3 is 6.03 Å². The van der Waals surface area contributed by atoms with Crippen LogP contribution in [0.5, 0.6) is 0 Å². The molecule has 0 fully saturated rings. The predicted molar refractivity (Wildman–Crippen MR) is 134 cm³/mol. The Bertz CT molecular complexity index is 1270. The van der Waals surface area contributed by atoms with Crippen molar-refractivity contribution >= 4 is 29.0 Å². The Hall–Kier alpha value is -4.39. The van der Waals surface area contributed by atoms with Gasteiger partial charge in [0.05, 0.1) is 23.0 Å². The van der Waals surface area contributed by atoms with Crippen molar-refractivity contribution in [3.05, 3.63) is 107 Å². The standard InChI is InChI=1S/C27H25N5O2/c1-18-24(26(33)29-21-10-6-3-7-11-21)25(30-27(34)28-18)20-12-14-22(15-13-20)32-17-16-23(31-32)19-8-4-2-5-9-19/h2-15,25H,16-17H2,1H3,(H,29,33)(H2,28,30,34)/t25-/m0/s1. The van der Waals surface area contributed by atoms with Crippen molar-refractivity contribution in [2.45, 2.75) is 19.4 Å². The highest BCUT2D eigenvalue weighted by Gasteiger charge is 2.31. The van der Waals surface area contributed by atoms with Gasteiger partial charge in [-0.05, 0) is 42.3 Å². The summed E-state index contributed by atoms with van der Waals surface area (Å²) in [6.07, 6.45) is 0.877. The number of carbonyl (C=O) groups excluding carboxylic acids is 2. The minimum Gasteiger partial charge on any atom is -0.327 e. The van der Waals surface area contributed by atoms with Gasteiger partial charge < -0.3 is 16.0 Å². The molecule has 7 heteroatoms. The van der Waals surface area contributed by atoms with Crippen molar-refractivity contribution in [2.24, 2.45) is 5.10 Å². The van der Waals surface area contributed by atoms with Gasteiger partial charge in [-0.1, -0.05) is 60.7 Å². The van der Waals surface area contributed by atoms with E-state index < -0.39 is 6.04 Å². The third-order valence-electron chi connectivity index (χ3n) is 5.98. The van der Waals surface area contributed by atoms with Gasteiger partial charge in [0, 0.05) is 24.4 Å². The van der Waals surface area contributed by atoms with Crippen LogP contribution >= 0.6 is 0 Å². The molecule has 0 aliphatic carbocycles. The van der Waals surface area contributed by atoms with Crippen molar-refractivity contribution in [3.63, 3.8) is 0 Å². The van der Waals surface area contributed by atoms with Crippen LogP contribution in [0.3, 0.4) is 0 Å². The zero-order chi connectivity index (χ0) is 23.5. The average Bonchev–Trinajstić information content (AvgIpc) is 3.35. The molecule has 7 nitrogen and oxygen atoms in total. The maximum absolute atomic E-state index is 13.1. The number of rotatable bonds is 5. The number of nitrogens with zero attached hydrogens (tertiary/aromatic N) is 2. The van der Waals surface area contributed by atoms with E-state index in [-0.39, 0.29) is 11.9 Å². The van der Waals surface area contributed by atoms with E-state index in [0.29, 0.717) is 17.0 Å². The fourth-order valence-corrected chi connectivity index (χ4v) is 4.28. The summed E-state index contributed by atoms with van der Waals surface area (Å²) in [7, 11) is 0. The molecular weight excluding hydrogens is 426 g/mol. The van der Waals surface area contributed by atoms with Gasteiger partial charge in [0.1, 0.15) is 0 Å². The summed E-state index contributed by atoms with van der Waals surface area (Å²) < 4.78 is 0. The number of para-hydroxylation sites is 1. The van der Waals surface area contributed by atoms with E-state index in [0.717, 1.165) is 35.5 Å². The lowest BCUT2D eigenvalue weighted by Gasteiger charge is -2.29. The van der Waals surface area contributed by atoms with Crippen LogP contribution in [-0.4, -0.2) is 24.2 Å². The van der Waals surface area contributed by atoms with Crippen molar-refractivity contribution in [2.75, 3.05) is 16.9 Å². The zero-order valence-electron chi connectivity index (χ0n) is 18.8. The zero-order valence-corrected chi connectivity index (χ0v) is 18.8. The number of allylic oxidation sites excluding steroid dienone is 1. The minimum absolute atomic E-state index is 0.262. The monoisotopic (exact) mass is 451 g/mol. The third-order valence-corrected chi connectivity index (χ3v) is 5.98. The van der Waals surface area contributed by atoms with Crippen molar-refractivity contribution in [3.8, 4) is 0 Å². The Morgan fingerprint density at radius 1 is 0.971 bits per heavy atom. The minimum atomic E-state index is -0.562. The summed E-state index contributed by atoms with van der Waals surface area (Å²) in [5.74, 6) is -0.262. The van der Waals surface area contributed by atoms with Gasteiger partial charge in [0.15, 0.2) is 0 Å². The number of urea groups is 1. The second kappa shape index (κ2) is 9.23. The predicted octanol–water partition coefficient (Wildman–Crippen LogP) is 4.57. The van der Waals surface area contributed by atoms with Crippen LogP contribution < -0.4 is 21.0 Å². The first-order chi connectivity index (χ1) is 16.6. The molecule has 0 saturated carbocycles. The van der Waals surface area contributed by atoms with Crippen molar-refractivity contribution in [1.82, 2.24) is 10.6 Å². The van der Waals surface area contributed by atoms with E-state index >= 15 is 0 Å². The van der Waals surface area contributed by atoms with Gasteiger partial charge in [-0.2, -0.15) is 5.10 Å². The molecule has 3 N–H and O–H groups in total. The first-order valence-corrected chi connectivity index (χ1v) is 11.2. The van der Waals surface area contributed by atoms with Crippen LogP contribution in [0, 0.1) is 0 Å². The Kier molecular flexibility index (Phi) is 5.82. The highest BCUT2D eigenvalue weighted by atomic mass is 16.2. The summed E-state index contributed by atoms with van der Waals surface area (Å²) in [4.78, 5) is 25.3. The first-order valence-electron chi connectivity index (χ1n) is 11.2. The topological polar surface area (TPSA) is 85.8 Å². The van der Waals surface area contributed by atoms with Crippen molar-refractivity contribution in [1.29, 1.82) is 0 Å². The van der Waals surface area contributed by atoms with Gasteiger partial charge in [0.2, 0.25) is 0 Å². The summed E-state index contributed by atoms with van der Waals surface area (Å²) in [6.45, 7) is 2.54. The largest absolute Gasteiger partial charge is 0.327 e. The number of anilines is 2. The highest BCUT2D eigenvalue weighted by molar-refractivity contribution is 6.06. The van der Waals surface area contributed by atoms with Crippen molar-refractivity contribution < 1.29 is 9.59 Å². The smallest absolute Gasteiger partial charge is 0.319 e. The first kappa shape index (κ1) is 21.5. The molecule has 2 heterocycles. The Labute approximate surface area is 198 Å². The van der Waals surface area contributed by atoms with E-state index in [4.69, 9.17) is 5.10 Å². The Morgan fingerprint density at radius 2 is 1.65 bits per heavy atom. The summed E-state index contributed by atoms with van der Waals surface area (Å²) in [5.41, 5.74) is 5.68. The Morgan fingerprint density at radius 3 is 2.35 bits per heavy atom. The lowest BCUT2D eigenvalue weighted by molar-refractivity contribution is -0.113. The molecule has 0 spiro atoms. The molecule has 0 unspecified atom stereocenters. The number of hydrogen-bond donors (Lipinski definition) is 3. The summed E-state index contributed by atoms with van der Waals surface area (Å²) >= 11 is 0. The van der Waals surface area contributed by atoms with Crippen LogP contribution in [0.25, 0.3) is 0 Å². The lowest BCUT2D eigenvalue weighted by Crippen LogP contribution is -2.45. The molecule has 1 atom stereocenters. The molecule has 170 valence electrons. The summed E-state index contributed by atoms with van der Waals surface area (Å²) in [6, 6.07) is 26.4.